The Morgan fingerprint density at radius 2 is 1.71 bits per heavy atom. The summed E-state index contributed by atoms with van der Waals surface area (Å²) in [6, 6.07) is -0.378. The number of hydrogen-bond donors (Lipinski definition) is 3. The van der Waals surface area contributed by atoms with Gasteiger partial charge in [-0.1, -0.05) is 25.9 Å². The zero-order chi connectivity index (χ0) is 34.7. The number of methoxy groups -OCH3 is 1. The summed E-state index contributed by atoms with van der Waals surface area (Å²) in [5, 5.41) is 37.1. The largest absolute Gasteiger partial charge is 0.457 e. The van der Waals surface area contributed by atoms with Gasteiger partial charge in [-0.2, -0.15) is 0 Å². The van der Waals surface area contributed by atoms with Crippen LogP contribution < -0.4 is 0 Å². The zero-order valence-electron chi connectivity index (χ0n) is 28.0. The first kappa shape index (κ1) is 39.0. The molecule has 3 N–H and O–H groups in total. The number of cyclic esters (lactones) is 1. The third-order valence-electron chi connectivity index (χ3n) is 9.51. The summed E-state index contributed by atoms with van der Waals surface area (Å²) in [5.41, 5.74) is 1.63. The molecular formula is C30H51FN4O10. The third-order valence-corrected chi connectivity index (χ3v) is 9.51. The van der Waals surface area contributed by atoms with Gasteiger partial charge in [-0.25, -0.2) is 9.18 Å². The zero-order valence-corrected chi connectivity index (χ0v) is 28.0. The van der Waals surface area contributed by atoms with Gasteiger partial charge in [0.25, 0.3) is 5.67 Å². The molecule has 2 saturated heterocycles. The second-order valence-corrected chi connectivity index (χ2v) is 13.4. The number of aliphatic hydroxyl groups excluding tert-OH is 2. The maximum Gasteiger partial charge on any atom is 0.351 e. The monoisotopic (exact) mass is 646 g/mol. The Kier molecular flexibility index (Phi) is 13.1. The molecule has 2 aliphatic rings. The summed E-state index contributed by atoms with van der Waals surface area (Å²) >= 11 is 0. The predicted molar refractivity (Wildman–Crippen MR) is 159 cm³/mol. The highest BCUT2D eigenvalue weighted by Crippen LogP contribution is 2.39. The van der Waals surface area contributed by atoms with Gasteiger partial charge in [0.15, 0.2) is 12.1 Å². The molecule has 45 heavy (non-hydrogen) atoms. The van der Waals surface area contributed by atoms with Crippen molar-refractivity contribution in [2.75, 3.05) is 27.7 Å². The molecule has 0 aromatic rings. The van der Waals surface area contributed by atoms with Crippen LogP contribution in [-0.2, 0) is 33.3 Å². The van der Waals surface area contributed by atoms with Crippen LogP contribution in [0, 0.1) is 17.8 Å². The number of likely N-dealkylation sites (N-methyl/N-ethyl adjacent to an activating group) is 1. The molecule has 2 aliphatic heterocycles. The number of Topliss-reactive ketones (excluding diaryl/α,β-unsaturated/α-hetero) is 2. The third kappa shape index (κ3) is 8.38. The van der Waals surface area contributed by atoms with Gasteiger partial charge >= 0.3 is 5.97 Å². The second-order valence-electron chi connectivity index (χ2n) is 13.4. The number of halogens is 1. The lowest BCUT2D eigenvalue weighted by molar-refractivity contribution is -0.295. The van der Waals surface area contributed by atoms with Gasteiger partial charge in [0, 0.05) is 42.4 Å². The lowest BCUT2D eigenvalue weighted by Gasteiger charge is -2.47. The normalized spacial score (nSPS) is 44.2. The highest BCUT2D eigenvalue weighted by atomic mass is 19.1. The van der Waals surface area contributed by atoms with Gasteiger partial charge in [-0.05, 0) is 66.6 Å². The van der Waals surface area contributed by atoms with Crippen LogP contribution in [0.25, 0.3) is 10.4 Å². The Bertz CT molecular complexity index is 1120. The van der Waals surface area contributed by atoms with Crippen molar-refractivity contribution >= 4 is 17.5 Å². The first-order chi connectivity index (χ1) is 20.7. The van der Waals surface area contributed by atoms with Crippen LogP contribution in [0.3, 0.4) is 0 Å². The first-order valence-corrected chi connectivity index (χ1v) is 15.3. The Labute approximate surface area is 264 Å². The molecule has 0 bridgehead atoms. The van der Waals surface area contributed by atoms with E-state index in [0.29, 0.717) is 6.42 Å². The summed E-state index contributed by atoms with van der Waals surface area (Å²) in [7, 11) is 4.91. The van der Waals surface area contributed by atoms with E-state index in [2.05, 4.69) is 10.0 Å². The number of carbonyl (C=O) groups is 3. The van der Waals surface area contributed by atoms with Gasteiger partial charge < -0.3 is 39.2 Å². The van der Waals surface area contributed by atoms with Crippen LogP contribution in [0.15, 0.2) is 5.11 Å². The van der Waals surface area contributed by atoms with Crippen molar-refractivity contribution in [3.05, 3.63) is 10.4 Å². The molecule has 2 rings (SSSR count). The van der Waals surface area contributed by atoms with E-state index in [1.54, 1.807) is 34.9 Å². The average Bonchev–Trinajstić information content (AvgIpc) is 2.97. The van der Waals surface area contributed by atoms with Crippen molar-refractivity contribution in [3.8, 4) is 0 Å². The van der Waals surface area contributed by atoms with E-state index >= 15 is 4.39 Å². The number of carbonyl (C=O) groups excluding carboxylic acids is 3. The summed E-state index contributed by atoms with van der Waals surface area (Å²) in [6.45, 7) is 9.23. The predicted octanol–water partition coefficient (Wildman–Crippen LogP) is 2.11. The van der Waals surface area contributed by atoms with Gasteiger partial charge in [-0.15, -0.1) is 0 Å². The molecule has 0 aromatic carbocycles. The number of azide groups is 1. The minimum absolute atomic E-state index is 0.0902. The van der Waals surface area contributed by atoms with E-state index in [1.807, 2.05) is 4.90 Å². The SMILES string of the molecule is CO[C@]1(C)C[C@@H](C)C(=O)[C@H](C)[C@@H](O)[C@](C)(O)[C@@H](CCN=[N+]=[N-])OC(=O)[C@@](C)(F)C(=O)[C@H](C)[C@H]1OC1OC(C)CC(N(C)C)C1O. The van der Waals surface area contributed by atoms with Crippen molar-refractivity contribution in [2.24, 2.45) is 22.9 Å². The van der Waals surface area contributed by atoms with Crippen LogP contribution >= 0.6 is 0 Å². The van der Waals surface area contributed by atoms with E-state index in [1.165, 1.54) is 21.0 Å². The number of hydrogen-bond acceptors (Lipinski definition) is 12. The van der Waals surface area contributed by atoms with E-state index in [4.69, 9.17) is 24.5 Å². The highest BCUT2D eigenvalue weighted by molar-refractivity contribution is 6.07. The maximum atomic E-state index is 16.3. The first-order valence-electron chi connectivity index (χ1n) is 15.3. The van der Waals surface area contributed by atoms with Crippen molar-refractivity contribution in [3.63, 3.8) is 0 Å². The molecular weight excluding hydrogens is 595 g/mol. The second kappa shape index (κ2) is 15.1. The molecule has 0 aliphatic carbocycles. The van der Waals surface area contributed by atoms with E-state index in [0.717, 1.165) is 13.8 Å². The van der Waals surface area contributed by atoms with Gasteiger partial charge in [0.2, 0.25) is 0 Å². The summed E-state index contributed by atoms with van der Waals surface area (Å²) in [5.74, 6) is -6.86. The van der Waals surface area contributed by atoms with E-state index in [-0.39, 0.29) is 31.5 Å². The van der Waals surface area contributed by atoms with Crippen LogP contribution in [-0.4, -0.2) is 125 Å². The Morgan fingerprint density at radius 1 is 1.11 bits per heavy atom. The minimum atomic E-state index is -3.28. The van der Waals surface area contributed by atoms with Gasteiger partial charge in [0.1, 0.15) is 23.6 Å². The Balaban J connectivity index is 2.69. The molecule has 258 valence electrons. The Morgan fingerprint density at radius 3 is 2.24 bits per heavy atom. The molecule has 0 radical (unpaired) electrons. The fourth-order valence-electron chi connectivity index (χ4n) is 6.51. The molecule has 0 aromatic heterocycles. The highest BCUT2D eigenvalue weighted by Gasteiger charge is 2.56. The van der Waals surface area contributed by atoms with E-state index < -0.39 is 82.9 Å². The van der Waals surface area contributed by atoms with Crippen LogP contribution in [0.1, 0.15) is 67.7 Å². The average molecular weight is 647 g/mol. The quantitative estimate of drug-likeness (QED) is 0.120. The molecule has 15 heteroatoms. The lowest BCUT2D eigenvalue weighted by atomic mass is 9.74. The van der Waals surface area contributed by atoms with Crippen LogP contribution in [0.2, 0.25) is 0 Å². The number of alkyl halides is 1. The molecule has 2 heterocycles. The molecule has 0 spiro atoms. The number of ether oxygens (including phenoxy) is 4. The topological polar surface area (TPSA) is 201 Å². The Hall–Kier alpha value is -2.23. The number of aliphatic hydroxyl groups is 3. The summed E-state index contributed by atoms with van der Waals surface area (Å²) in [6.07, 6.45) is -7.59. The van der Waals surface area contributed by atoms with Gasteiger partial charge in [-0.3, -0.25) is 9.59 Å². The molecule has 0 amide bonds. The lowest BCUT2D eigenvalue weighted by Crippen LogP contribution is -2.61. The fourth-order valence-corrected chi connectivity index (χ4v) is 6.51. The number of esters is 1. The standard InChI is InChI=1S/C30H51FN4O10/c1-15-14-28(5,42-10)25(45-26-22(37)19(35(8)9)13-16(2)43-26)18(4)23(38)29(6,31)27(40)44-20(11-12-33-34-32)30(7,41)24(39)17(3)21(15)36/h15-20,22,24-26,37,39,41H,11-14H2,1-10H3/t15-,16?,17+,18+,19?,20-,22?,24-,25-,26?,28-,29+,30-/m1/s1. The number of rotatable bonds is 7. The smallest absolute Gasteiger partial charge is 0.351 e. The maximum absolute atomic E-state index is 16.3. The molecule has 0 saturated carbocycles. The van der Waals surface area contributed by atoms with Crippen LogP contribution in [0.4, 0.5) is 4.39 Å². The number of ketones is 2. The van der Waals surface area contributed by atoms with Crippen molar-refractivity contribution < 1.29 is 53.0 Å². The van der Waals surface area contributed by atoms with Crippen molar-refractivity contribution in [2.45, 2.75) is 127 Å². The molecule has 14 nitrogen and oxygen atoms in total. The molecule has 13 atom stereocenters. The summed E-state index contributed by atoms with van der Waals surface area (Å²) < 4.78 is 39.8. The fraction of sp³-hybridized carbons (Fsp3) is 0.900. The van der Waals surface area contributed by atoms with Crippen molar-refractivity contribution in [1.29, 1.82) is 0 Å². The summed E-state index contributed by atoms with van der Waals surface area (Å²) in [4.78, 5) is 45.3. The van der Waals surface area contributed by atoms with Crippen LogP contribution in [0.5, 0.6) is 0 Å². The molecule has 4 unspecified atom stereocenters. The minimum Gasteiger partial charge on any atom is -0.457 e. The van der Waals surface area contributed by atoms with E-state index in [9.17, 15) is 29.7 Å². The number of nitrogens with zero attached hydrogens (tertiary/aromatic N) is 4. The van der Waals surface area contributed by atoms with Crippen molar-refractivity contribution in [1.82, 2.24) is 4.90 Å². The molecule has 2 fully saturated rings. The van der Waals surface area contributed by atoms with Gasteiger partial charge in [0.05, 0.1) is 23.9 Å².